The zero-order valence-electron chi connectivity index (χ0n) is 11.0. The topological polar surface area (TPSA) is 53.1 Å². The van der Waals surface area contributed by atoms with Gasteiger partial charge in [-0.15, -0.1) is 0 Å². The number of H-pyrrole nitrogens is 1. The van der Waals surface area contributed by atoms with E-state index in [1.54, 1.807) is 0 Å². The third-order valence-electron chi connectivity index (χ3n) is 3.49. The van der Waals surface area contributed by atoms with Crippen LogP contribution in [0.4, 0.5) is 0 Å². The maximum absolute atomic E-state index is 10.7. The van der Waals surface area contributed by atoms with Gasteiger partial charge in [0.05, 0.1) is 5.52 Å². The van der Waals surface area contributed by atoms with Gasteiger partial charge in [0.15, 0.2) is 0 Å². The second-order valence-electron chi connectivity index (χ2n) is 4.80. The summed E-state index contributed by atoms with van der Waals surface area (Å²) in [7, 11) is 0. The highest BCUT2D eigenvalue weighted by Crippen LogP contribution is 2.30. The van der Waals surface area contributed by atoms with Gasteiger partial charge >= 0.3 is 5.97 Å². The van der Waals surface area contributed by atoms with Crippen molar-refractivity contribution >= 4 is 16.9 Å². The van der Waals surface area contributed by atoms with Crippen LogP contribution in [0.5, 0.6) is 0 Å². The molecule has 0 amide bonds. The molecule has 0 aliphatic rings. The molecule has 100 valence electrons. The number of rotatable bonds is 4. The Bertz CT molecular complexity index is 744. The second kappa shape index (κ2) is 5.21. The van der Waals surface area contributed by atoms with Crippen LogP contribution in [-0.2, 0) is 11.2 Å². The lowest BCUT2D eigenvalue weighted by Crippen LogP contribution is -1.96. The highest BCUT2D eigenvalue weighted by atomic mass is 16.4. The maximum atomic E-state index is 10.7. The van der Waals surface area contributed by atoms with E-state index in [0.29, 0.717) is 6.42 Å². The molecule has 1 heterocycles. The van der Waals surface area contributed by atoms with Gasteiger partial charge in [0.2, 0.25) is 0 Å². The van der Waals surface area contributed by atoms with Gasteiger partial charge in [-0.3, -0.25) is 4.79 Å². The molecule has 0 atom stereocenters. The molecule has 1 aromatic heterocycles. The van der Waals surface area contributed by atoms with Gasteiger partial charge in [0, 0.05) is 23.6 Å². The van der Waals surface area contributed by atoms with Crippen LogP contribution in [0, 0.1) is 0 Å². The molecule has 0 aliphatic carbocycles. The van der Waals surface area contributed by atoms with E-state index in [1.165, 1.54) is 0 Å². The van der Waals surface area contributed by atoms with Crippen LogP contribution in [0.2, 0.25) is 0 Å². The monoisotopic (exact) mass is 265 g/mol. The lowest BCUT2D eigenvalue weighted by Gasteiger charge is -2.04. The smallest absolute Gasteiger partial charge is 0.303 e. The first kappa shape index (κ1) is 12.5. The number of aromatic nitrogens is 1. The van der Waals surface area contributed by atoms with E-state index in [2.05, 4.69) is 23.2 Å². The van der Waals surface area contributed by atoms with Crippen molar-refractivity contribution in [1.82, 2.24) is 4.98 Å². The standard InChI is InChI=1S/C17H15NO2/c19-16(20)10-9-13-11-18-17-14(7-4-8-15(13)17)12-5-2-1-3-6-12/h1-8,11,18H,9-10H2,(H,19,20). The molecule has 3 rings (SSSR count). The number of benzene rings is 2. The third-order valence-corrected chi connectivity index (χ3v) is 3.49. The van der Waals surface area contributed by atoms with E-state index in [0.717, 1.165) is 27.6 Å². The summed E-state index contributed by atoms with van der Waals surface area (Å²) in [6, 6.07) is 16.3. The largest absolute Gasteiger partial charge is 0.481 e. The molecule has 2 N–H and O–H groups in total. The number of aryl methyl sites for hydroxylation is 1. The molecule has 3 nitrogen and oxygen atoms in total. The van der Waals surface area contributed by atoms with E-state index in [9.17, 15) is 4.79 Å². The summed E-state index contributed by atoms with van der Waals surface area (Å²) in [5.41, 5.74) is 4.42. The minimum absolute atomic E-state index is 0.155. The van der Waals surface area contributed by atoms with Crippen molar-refractivity contribution in [1.29, 1.82) is 0 Å². The molecule has 0 spiro atoms. The quantitative estimate of drug-likeness (QED) is 0.752. The minimum atomic E-state index is -0.765. The Hall–Kier alpha value is -2.55. The molecule has 0 radical (unpaired) electrons. The average Bonchev–Trinajstić information content (AvgIpc) is 2.89. The van der Waals surface area contributed by atoms with Gasteiger partial charge in [0.25, 0.3) is 0 Å². The summed E-state index contributed by atoms with van der Waals surface area (Å²) >= 11 is 0. The summed E-state index contributed by atoms with van der Waals surface area (Å²) in [4.78, 5) is 14.0. The molecule has 2 aromatic carbocycles. The number of carboxylic acids is 1. The van der Waals surface area contributed by atoms with Crippen LogP contribution in [-0.4, -0.2) is 16.1 Å². The molecule has 0 saturated heterocycles. The summed E-state index contributed by atoms with van der Waals surface area (Å²) in [5, 5.41) is 9.91. The number of para-hydroxylation sites is 1. The number of fused-ring (bicyclic) bond motifs is 1. The number of carbonyl (C=O) groups is 1. The summed E-state index contributed by atoms with van der Waals surface area (Å²) in [5.74, 6) is -0.765. The van der Waals surface area contributed by atoms with Gasteiger partial charge < -0.3 is 10.1 Å². The highest BCUT2D eigenvalue weighted by molar-refractivity contribution is 5.96. The fourth-order valence-electron chi connectivity index (χ4n) is 2.52. The number of nitrogens with one attached hydrogen (secondary N) is 1. The molecular formula is C17H15NO2. The van der Waals surface area contributed by atoms with E-state index in [-0.39, 0.29) is 6.42 Å². The summed E-state index contributed by atoms with van der Waals surface area (Å²) in [6.45, 7) is 0. The van der Waals surface area contributed by atoms with Crippen molar-refractivity contribution in [2.45, 2.75) is 12.8 Å². The first-order chi connectivity index (χ1) is 9.75. The predicted octanol–water partition coefficient (Wildman–Crippen LogP) is 3.85. The van der Waals surface area contributed by atoms with Crippen molar-refractivity contribution in [3.8, 4) is 11.1 Å². The SMILES string of the molecule is O=C(O)CCc1c[nH]c2c(-c3ccccc3)cccc12. The number of aliphatic carboxylic acids is 1. The Kier molecular flexibility index (Phi) is 3.25. The van der Waals surface area contributed by atoms with Gasteiger partial charge in [-0.1, -0.05) is 48.5 Å². The zero-order valence-corrected chi connectivity index (χ0v) is 11.0. The van der Waals surface area contributed by atoms with Crippen molar-refractivity contribution in [3.63, 3.8) is 0 Å². The minimum Gasteiger partial charge on any atom is -0.481 e. The molecule has 3 heteroatoms. The normalized spacial score (nSPS) is 10.8. The van der Waals surface area contributed by atoms with Crippen LogP contribution in [0.1, 0.15) is 12.0 Å². The molecule has 0 aliphatic heterocycles. The molecule has 3 aromatic rings. The Morgan fingerprint density at radius 2 is 1.85 bits per heavy atom. The van der Waals surface area contributed by atoms with Gasteiger partial charge in [0.1, 0.15) is 0 Å². The second-order valence-corrected chi connectivity index (χ2v) is 4.80. The van der Waals surface area contributed by atoms with E-state index >= 15 is 0 Å². The Balaban J connectivity index is 2.06. The van der Waals surface area contributed by atoms with Crippen molar-refractivity contribution in [2.24, 2.45) is 0 Å². The van der Waals surface area contributed by atoms with Crippen molar-refractivity contribution in [3.05, 3.63) is 60.3 Å². The number of carboxylic acid groups (broad SMARTS) is 1. The number of hydrogen-bond donors (Lipinski definition) is 2. The van der Waals surface area contributed by atoms with E-state index in [4.69, 9.17) is 5.11 Å². The Morgan fingerprint density at radius 3 is 2.60 bits per heavy atom. The fraction of sp³-hybridized carbons (Fsp3) is 0.118. The number of aromatic amines is 1. The van der Waals surface area contributed by atoms with Crippen molar-refractivity contribution in [2.75, 3.05) is 0 Å². The molecular weight excluding hydrogens is 250 g/mol. The molecule has 0 saturated carbocycles. The Morgan fingerprint density at radius 1 is 1.05 bits per heavy atom. The zero-order chi connectivity index (χ0) is 13.9. The van der Waals surface area contributed by atoms with E-state index in [1.807, 2.05) is 36.5 Å². The van der Waals surface area contributed by atoms with Crippen LogP contribution in [0.15, 0.2) is 54.7 Å². The van der Waals surface area contributed by atoms with Crippen molar-refractivity contribution < 1.29 is 9.90 Å². The molecule has 0 fully saturated rings. The molecule has 0 unspecified atom stereocenters. The molecule has 0 bridgehead atoms. The Labute approximate surface area is 116 Å². The van der Waals surface area contributed by atoms with Gasteiger partial charge in [-0.05, 0) is 17.5 Å². The van der Waals surface area contributed by atoms with Crippen LogP contribution in [0.25, 0.3) is 22.0 Å². The lowest BCUT2D eigenvalue weighted by molar-refractivity contribution is -0.136. The van der Waals surface area contributed by atoms with Gasteiger partial charge in [-0.25, -0.2) is 0 Å². The third kappa shape index (κ3) is 2.30. The van der Waals surface area contributed by atoms with Crippen LogP contribution in [0.3, 0.4) is 0 Å². The lowest BCUT2D eigenvalue weighted by atomic mass is 10.0. The molecule has 20 heavy (non-hydrogen) atoms. The summed E-state index contributed by atoms with van der Waals surface area (Å²) in [6.07, 6.45) is 2.62. The maximum Gasteiger partial charge on any atom is 0.303 e. The first-order valence-electron chi connectivity index (χ1n) is 6.62. The highest BCUT2D eigenvalue weighted by Gasteiger charge is 2.09. The fourth-order valence-corrected chi connectivity index (χ4v) is 2.52. The van der Waals surface area contributed by atoms with Crippen LogP contribution < -0.4 is 0 Å². The average molecular weight is 265 g/mol. The summed E-state index contributed by atoms with van der Waals surface area (Å²) < 4.78 is 0. The number of hydrogen-bond acceptors (Lipinski definition) is 1. The van der Waals surface area contributed by atoms with E-state index < -0.39 is 5.97 Å². The van der Waals surface area contributed by atoms with Gasteiger partial charge in [-0.2, -0.15) is 0 Å². The van der Waals surface area contributed by atoms with Crippen LogP contribution >= 0.6 is 0 Å². The predicted molar refractivity (Wildman–Crippen MR) is 79.7 cm³/mol. The first-order valence-corrected chi connectivity index (χ1v) is 6.62.